The third kappa shape index (κ3) is 2.79. The first-order chi connectivity index (χ1) is 8.60. The molecule has 5 nitrogen and oxygen atoms in total. The highest BCUT2D eigenvalue weighted by atomic mass is 16.5. The van der Waals surface area contributed by atoms with Gasteiger partial charge in [0.2, 0.25) is 0 Å². The van der Waals surface area contributed by atoms with E-state index >= 15 is 0 Å². The molecular formula is C13H18N2O3. The summed E-state index contributed by atoms with van der Waals surface area (Å²) in [6.07, 6.45) is 3.40. The Morgan fingerprint density at radius 1 is 1.50 bits per heavy atom. The normalized spacial score (nSPS) is 23.0. The van der Waals surface area contributed by atoms with Crippen LogP contribution in [0.4, 0.5) is 5.82 Å². The van der Waals surface area contributed by atoms with E-state index in [0.29, 0.717) is 17.8 Å². The lowest BCUT2D eigenvalue weighted by atomic mass is 10.2. The van der Waals surface area contributed by atoms with Crippen molar-refractivity contribution >= 4 is 11.8 Å². The number of hydrogen-bond acceptors (Lipinski definition) is 4. The van der Waals surface area contributed by atoms with Crippen molar-refractivity contribution in [2.75, 3.05) is 12.4 Å². The summed E-state index contributed by atoms with van der Waals surface area (Å²) in [6, 6.07) is 3.67. The van der Waals surface area contributed by atoms with Gasteiger partial charge in [0.25, 0.3) is 0 Å². The van der Waals surface area contributed by atoms with Crippen LogP contribution in [-0.2, 0) is 4.74 Å². The summed E-state index contributed by atoms with van der Waals surface area (Å²) < 4.78 is 5.32. The van der Waals surface area contributed by atoms with Crippen LogP contribution in [0.1, 0.15) is 35.3 Å². The minimum Gasteiger partial charge on any atom is -0.478 e. The monoisotopic (exact) mass is 250 g/mol. The molecule has 1 aromatic heterocycles. The quantitative estimate of drug-likeness (QED) is 0.856. The minimum atomic E-state index is -0.938. The van der Waals surface area contributed by atoms with Gasteiger partial charge in [-0.25, -0.2) is 9.78 Å². The van der Waals surface area contributed by atoms with Crippen molar-refractivity contribution < 1.29 is 14.6 Å². The number of methoxy groups -OCH3 is 1. The van der Waals surface area contributed by atoms with Crippen molar-refractivity contribution in [2.45, 2.75) is 38.3 Å². The summed E-state index contributed by atoms with van der Waals surface area (Å²) in [5.41, 5.74) is 0.788. The van der Waals surface area contributed by atoms with Gasteiger partial charge in [-0.05, 0) is 38.3 Å². The largest absolute Gasteiger partial charge is 0.478 e. The number of aromatic carboxylic acids is 1. The zero-order valence-electron chi connectivity index (χ0n) is 10.6. The van der Waals surface area contributed by atoms with Crippen LogP contribution in [0.25, 0.3) is 0 Å². The molecule has 2 atom stereocenters. The Morgan fingerprint density at radius 2 is 2.28 bits per heavy atom. The highest BCUT2D eigenvalue weighted by Crippen LogP contribution is 2.24. The van der Waals surface area contributed by atoms with Crippen LogP contribution in [0.5, 0.6) is 0 Å². The molecule has 0 aliphatic heterocycles. The topological polar surface area (TPSA) is 71.5 Å². The number of carbonyl (C=O) groups is 1. The summed E-state index contributed by atoms with van der Waals surface area (Å²) in [7, 11) is 1.73. The van der Waals surface area contributed by atoms with Crippen LogP contribution >= 0.6 is 0 Å². The van der Waals surface area contributed by atoms with Crippen molar-refractivity contribution in [3.63, 3.8) is 0 Å². The molecule has 18 heavy (non-hydrogen) atoms. The maximum Gasteiger partial charge on any atom is 0.337 e. The van der Waals surface area contributed by atoms with E-state index in [4.69, 9.17) is 9.84 Å². The molecular weight excluding hydrogens is 232 g/mol. The highest BCUT2D eigenvalue weighted by Gasteiger charge is 2.24. The van der Waals surface area contributed by atoms with Crippen LogP contribution in [0.3, 0.4) is 0 Å². The molecule has 1 aliphatic carbocycles. The van der Waals surface area contributed by atoms with Crippen molar-refractivity contribution in [1.29, 1.82) is 0 Å². The molecule has 1 heterocycles. The Morgan fingerprint density at radius 3 is 2.83 bits per heavy atom. The average molecular weight is 250 g/mol. The summed E-state index contributed by atoms with van der Waals surface area (Å²) in [4.78, 5) is 15.2. The third-order valence-electron chi connectivity index (χ3n) is 3.39. The lowest BCUT2D eigenvalue weighted by molar-refractivity contribution is 0.0695. The van der Waals surface area contributed by atoms with Crippen molar-refractivity contribution in [1.82, 2.24) is 4.98 Å². The maximum atomic E-state index is 10.9. The number of carboxylic acids is 1. The molecule has 1 fully saturated rings. The zero-order valence-corrected chi connectivity index (χ0v) is 10.6. The van der Waals surface area contributed by atoms with Crippen molar-refractivity contribution in [2.24, 2.45) is 0 Å². The van der Waals surface area contributed by atoms with E-state index in [-0.39, 0.29) is 5.56 Å². The van der Waals surface area contributed by atoms with Crippen LogP contribution in [-0.4, -0.2) is 35.3 Å². The van der Waals surface area contributed by atoms with Gasteiger partial charge in [-0.2, -0.15) is 0 Å². The van der Waals surface area contributed by atoms with Crippen molar-refractivity contribution in [3.8, 4) is 0 Å². The molecule has 5 heteroatoms. The van der Waals surface area contributed by atoms with Gasteiger partial charge in [0, 0.05) is 13.2 Å². The first-order valence-electron chi connectivity index (χ1n) is 6.10. The second-order valence-corrected chi connectivity index (χ2v) is 4.65. The van der Waals surface area contributed by atoms with E-state index in [1.165, 1.54) is 0 Å². The molecule has 0 spiro atoms. The van der Waals surface area contributed by atoms with Crippen LogP contribution in [0, 0.1) is 6.92 Å². The first kappa shape index (κ1) is 12.8. The van der Waals surface area contributed by atoms with Gasteiger partial charge in [-0.15, -0.1) is 0 Å². The fourth-order valence-electron chi connectivity index (χ4n) is 2.36. The van der Waals surface area contributed by atoms with E-state index in [9.17, 15) is 4.79 Å². The molecule has 98 valence electrons. The molecule has 2 unspecified atom stereocenters. The number of nitrogens with zero attached hydrogens (tertiary/aromatic N) is 1. The molecule has 2 rings (SSSR count). The van der Waals surface area contributed by atoms with Crippen molar-refractivity contribution in [3.05, 3.63) is 23.4 Å². The lowest BCUT2D eigenvalue weighted by Crippen LogP contribution is -2.18. The van der Waals surface area contributed by atoms with Crippen LogP contribution in [0.2, 0.25) is 0 Å². The van der Waals surface area contributed by atoms with Gasteiger partial charge in [-0.1, -0.05) is 0 Å². The Kier molecular flexibility index (Phi) is 3.81. The molecule has 1 aromatic rings. The van der Waals surface area contributed by atoms with Gasteiger partial charge < -0.3 is 15.2 Å². The second-order valence-electron chi connectivity index (χ2n) is 4.65. The smallest absolute Gasteiger partial charge is 0.337 e. The van der Waals surface area contributed by atoms with Crippen LogP contribution in [0.15, 0.2) is 12.1 Å². The SMILES string of the molecule is COC1CCC(Nc2ccc(C(=O)O)c(C)n2)C1. The van der Waals surface area contributed by atoms with E-state index in [2.05, 4.69) is 10.3 Å². The molecule has 0 aromatic carbocycles. The molecule has 0 saturated heterocycles. The predicted molar refractivity (Wildman–Crippen MR) is 68.0 cm³/mol. The fraction of sp³-hybridized carbons (Fsp3) is 0.538. The van der Waals surface area contributed by atoms with Gasteiger partial charge >= 0.3 is 5.97 Å². The predicted octanol–water partition coefficient (Wildman–Crippen LogP) is 2.07. The third-order valence-corrected chi connectivity index (χ3v) is 3.39. The highest BCUT2D eigenvalue weighted by molar-refractivity contribution is 5.89. The van der Waals surface area contributed by atoms with Gasteiger partial charge in [0.15, 0.2) is 0 Å². The minimum absolute atomic E-state index is 0.252. The standard InChI is InChI=1S/C13H18N2O3/c1-8-11(13(16)17)5-6-12(14-8)15-9-3-4-10(7-9)18-2/h5-6,9-10H,3-4,7H2,1-2H3,(H,14,15)(H,16,17). The molecule has 0 bridgehead atoms. The summed E-state index contributed by atoms with van der Waals surface area (Å²) in [6.45, 7) is 1.71. The van der Waals surface area contributed by atoms with E-state index in [1.54, 1.807) is 26.2 Å². The number of pyridine rings is 1. The fourth-order valence-corrected chi connectivity index (χ4v) is 2.36. The van der Waals surface area contributed by atoms with Crippen LogP contribution < -0.4 is 5.32 Å². The molecule has 0 amide bonds. The average Bonchev–Trinajstić information content (AvgIpc) is 2.76. The number of nitrogens with one attached hydrogen (secondary N) is 1. The Hall–Kier alpha value is -1.62. The lowest BCUT2D eigenvalue weighted by Gasteiger charge is -2.14. The summed E-state index contributed by atoms with van der Waals surface area (Å²) in [5, 5.41) is 12.3. The Balaban J connectivity index is 2.02. The number of carboxylic acid groups (broad SMARTS) is 1. The number of hydrogen-bond donors (Lipinski definition) is 2. The number of aromatic nitrogens is 1. The maximum absolute atomic E-state index is 10.9. The number of anilines is 1. The molecule has 0 radical (unpaired) electrons. The number of aryl methyl sites for hydroxylation is 1. The number of ether oxygens (including phenoxy) is 1. The van der Waals surface area contributed by atoms with Gasteiger partial charge in [-0.3, -0.25) is 0 Å². The molecule has 2 N–H and O–H groups in total. The molecule has 1 saturated carbocycles. The van der Waals surface area contributed by atoms with E-state index in [1.807, 2.05) is 0 Å². The van der Waals surface area contributed by atoms with E-state index in [0.717, 1.165) is 25.1 Å². The summed E-state index contributed by atoms with van der Waals surface area (Å²) >= 11 is 0. The Labute approximate surface area is 106 Å². The summed E-state index contributed by atoms with van der Waals surface area (Å²) in [5.74, 6) is -0.203. The zero-order chi connectivity index (χ0) is 13.1. The Bertz CT molecular complexity index is 448. The molecule has 1 aliphatic rings. The van der Waals surface area contributed by atoms with Gasteiger partial charge in [0.1, 0.15) is 5.82 Å². The van der Waals surface area contributed by atoms with Gasteiger partial charge in [0.05, 0.1) is 17.4 Å². The number of rotatable bonds is 4. The first-order valence-corrected chi connectivity index (χ1v) is 6.10. The second kappa shape index (κ2) is 5.35. The van der Waals surface area contributed by atoms with E-state index < -0.39 is 5.97 Å².